The largest absolute Gasteiger partial charge is 0.485 e. The summed E-state index contributed by atoms with van der Waals surface area (Å²) in [5.74, 6) is 2.84. The number of fused-ring (bicyclic) bond motifs is 10. The summed E-state index contributed by atoms with van der Waals surface area (Å²) in [4.78, 5) is 0. The Morgan fingerprint density at radius 2 is 1.59 bits per heavy atom. The molecule has 5 aromatic rings. The topological polar surface area (TPSA) is 35.4 Å². The number of benzene rings is 4. The molecule has 2 atom stereocenters. The van der Waals surface area contributed by atoms with Gasteiger partial charge in [-0.1, -0.05) is 85.0 Å². The predicted molar refractivity (Wildman–Crippen MR) is 184 cm³/mol. The van der Waals surface area contributed by atoms with Gasteiger partial charge in [0, 0.05) is 46.6 Å². The average Bonchev–Trinajstić information content (AvgIpc) is 3.46. The molecule has 2 unspecified atom stereocenters. The van der Waals surface area contributed by atoms with Crippen molar-refractivity contribution in [2.45, 2.75) is 30.8 Å². The van der Waals surface area contributed by atoms with E-state index in [1.165, 1.54) is 55.2 Å². The number of nitrogens with zero attached hydrogens (tertiary/aromatic N) is 1. The van der Waals surface area contributed by atoms with Crippen LogP contribution in [0.25, 0.3) is 27.5 Å². The molecule has 0 radical (unpaired) electrons. The number of aromatic nitrogens is 1. The van der Waals surface area contributed by atoms with Crippen LogP contribution in [0, 0.1) is 0 Å². The normalized spacial score (nSPS) is 22.5. The van der Waals surface area contributed by atoms with E-state index in [-0.39, 0.29) is 6.10 Å². The Hall–Kier alpha value is -5.48. The van der Waals surface area contributed by atoms with Crippen molar-refractivity contribution in [3.63, 3.8) is 0 Å². The first-order valence-electron chi connectivity index (χ1n) is 16.3. The van der Waals surface area contributed by atoms with Gasteiger partial charge in [-0.05, 0) is 77.8 Å². The van der Waals surface area contributed by atoms with Crippen molar-refractivity contribution in [1.29, 1.82) is 0 Å². The Bertz CT molecular complexity index is 2260. The standard InChI is InChI=1S/C42H32N2O2/c1-5-13-36-30(9-1)31-10-2-6-14-37(31)44(36)29-18-20-35-41(26-29)46-39-16-8-4-12-33(39)42(35)32-11-3-7-15-38(32)45-40-25-28(17-19-34(40)42)27-21-23-43-24-22-27/h1-15,18,20-23,25-26,39,43H,16-17,19,24H2. The Morgan fingerprint density at radius 3 is 2.41 bits per heavy atom. The average molecular weight is 597 g/mol. The van der Waals surface area contributed by atoms with Crippen molar-refractivity contribution < 1.29 is 9.47 Å². The number of allylic oxidation sites excluding steroid dienone is 7. The molecular formula is C42H32N2O2. The van der Waals surface area contributed by atoms with E-state index >= 15 is 0 Å². The molecule has 1 aromatic heterocycles. The third-order valence-electron chi connectivity index (χ3n) is 10.4. The van der Waals surface area contributed by atoms with Crippen LogP contribution in [0.15, 0.2) is 162 Å². The van der Waals surface area contributed by atoms with Crippen molar-refractivity contribution in [3.05, 3.63) is 173 Å². The number of hydrogen-bond donors (Lipinski definition) is 1. The van der Waals surface area contributed by atoms with E-state index in [0.717, 1.165) is 48.8 Å². The van der Waals surface area contributed by atoms with Crippen LogP contribution >= 0.6 is 0 Å². The number of ether oxygens (including phenoxy) is 2. The van der Waals surface area contributed by atoms with Crippen LogP contribution in [0.5, 0.6) is 11.5 Å². The Balaban J connectivity index is 1.24. The van der Waals surface area contributed by atoms with E-state index in [4.69, 9.17) is 9.47 Å². The second-order valence-electron chi connectivity index (χ2n) is 12.7. The highest BCUT2D eigenvalue weighted by atomic mass is 16.5. The van der Waals surface area contributed by atoms with Gasteiger partial charge in [0.25, 0.3) is 0 Å². The second kappa shape index (κ2) is 9.76. The molecule has 10 rings (SSSR count). The second-order valence-corrected chi connectivity index (χ2v) is 12.7. The van der Waals surface area contributed by atoms with Crippen LogP contribution < -0.4 is 14.8 Å². The van der Waals surface area contributed by atoms with E-state index in [9.17, 15) is 0 Å². The number of para-hydroxylation sites is 3. The zero-order valence-electron chi connectivity index (χ0n) is 25.4. The van der Waals surface area contributed by atoms with Gasteiger partial charge >= 0.3 is 0 Å². The summed E-state index contributed by atoms with van der Waals surface area (Å²) >= 11 is 0. The maximum Gasteiger partial charge on any atom is 0.132 e. The quantitative estimate of drug-likeness (QED) is 0.221. The lowest BCUT2D eigenvalue weighted by molar-refractivity contribution is 0.198. The van der Waals surface area contributed by atoms with Crippen LogP contribution in [0.1, 0.15) is 30.4 Å². The van der Waals surface area contributed by atoms with Crippen molar-refractivity contribution in [3.8, 4) is 17.2 Å². The van der Waals surface area contributed by atoms with Crippen molar-refractivity contribution in [2.75, 3.05) is 6.54 Å². The minimum absolute atomic E-state index is 0.0637. The first-order chi connectivity index (χ1) is 22.8. The molecular weight excluding hydrogens is 564 g/mol. The van der Waals surface area contributed by atoms with Gasteiger partial charge in [-0.25, -0.2) is 0 Å². The van der Waals surface area contributed by atoms with E-state index in [1.807, 2.05) is 6.20 Å². The first kappa shape index (κ1) is 25.8. The zero-order valence-corrected chi connectivity index (χ0v) is 25.4. The third kappa shape index (κ3) is 3.50. The molecule has 4 nitrogen and oxygen atoms in total. The van der Waals surface area contributed by atoms with Gasteiger partial charge in [-0.15, -0.1) is 0 Å². The number of dihydropyridines is 1. The Kier molecular flexibility index (Phi) is 5.47. The van der Waals surface area contributed by atoms with Crippen LogP contribution in [0.2, 0.25) is 0 Å². The van der Waals surface area contributed by atoms with Crippen molar-refractivity contribution >= 4 is 21.8 Å². The molecule has 4 heteroatoms. The highest BCUT2D eigenvalue weighted by molar-refractivity contribution is 6.09. The fourth-order valence-electron chi connectivity index (χ4n) is 8.52. The fourth-order valence-corrected chi connectivity index (χ4v) is 8.52. The van der Waals surface area contributed by atoms with Gasteiger partial charge in [-0.3, -0.25) is 0 Å². The Morgan fingerprint density at radius 1 is 0.804 bits per heavy atom. The monoisotopic (exact) mass is 596 g/mol. The lowest BCUT2D eigenvalue weighted by Crippen LogP contribution is -2.46. The Labute approximate surface area is 268 Å². The smallest absolute Gasteiger partial charge is 0.132 e. The molecule has 0 fully saturated rings. The molecule has 222 valence electrons. The first-order valence-corrected chi connectivity index (χ1v) is 16.3. The van der Waals surface area contributed by atoms with Gasteiger partial charge in [0.2, 0.25) is 0 Å². The molecule has 46 heavy (non-hydrogen) atoms. The van der Waals surface area contributed by atoms with Crippen LogP contribution in [-0.4, -0.2) is 17.2 Å². The summed E-state index contributed by atoms with van der Waals surface area (Å²) < 4.78 is 16.2. The number of hydrogen-bond acceptors (Lipinski definition) is 3. The summed E-state index contributed by atoms with van der Waals surface area (Å²) in [5, 5.41) is 5.80. The number of nitrogens with one attached hydrogen (secondary N) is 1. The molecule has 4 aromatic carbocycles. The van der Waals surface area contributed by atoms with Crippen molar-refractivity contribution in [1.82, 2.24) is 9.88 Å². The van der Waals surface area contributed by atoms with E-state index in [0.29, 0.717) is 0 Å². The van der Waals surface area contributed by atoms with Gasteiger partial charge < -0.3 is 19.4 Å². The maximum atomic E-state index is 7.00. The summed E-state index contributed by atoms with van der Waals surface area (Å²) in [5.41, 5.74) is 10.6. The van der Waals surface area contributed by atoms with Crippen molar-refractivity contribution in [2.24, 2.45) is 0 Å². The fraction of sp³-hybridized carbons (Fsp3) is 0.143. The maximum absolute atomic E-state index is 7.00. The molecule has 3 aliphatic heterocycles. The van der Waals surface area contributed by atoms with Gasteiger partial charge in [-0.2, -0.15) is 0 Å². The molecule has 0 saturated carbocycles. The molecule has 4 heterocycles. The van der Waals surface area contributed by atoms with E-state index < -0.39 is 5.41 Å². The molecule has 0 saturated heterocycles. The van der Waals surface area contributed by atoms with Crippen LogP contribution in [0.3, 0.4) is 0 Å². The van der Waals surface area contributed by atoms with E-state index in [2.05, 4.69) is 137 Å². The molecule has 0 amide bonds. The van der Waals surface area contributed by atoms with Crippen LogP contribution in [-0.2, 0) is 5.41 Å². The lowest BCUT2D eigenvalue weighted by Gasteiger charge is -2.50. The summed E-state index contributed by atoms with van der Waals surface area (Å²) in [6, 6.07) is 32.9. The molecule has 2 aliphatic carbocycles. The lowest BCUT2D eigenvalue weighted by atomic mass is 9.58. The predicted octanol–water partition coefficient (Wildman–Crippen LogP) is 9.13. The summed E-state index contributed by atoms with van der Waals surface area (Å²) in [6.07, 6.45) is 18.2. The third-order valence-corrected chi connectivity index (χ3v) is 10.4. The molecule has 1 N–H and O–H groups in total. The minimum Gasteiger partial charge on any atom is -0.485 e. The summed E-state index contributed by atoms with van der Waals surface area (Å²) in [7, 11) is 0. The molecule has 1 spiro atoms. The van der Waals surface area contributed by atoms with Gasteiger partial charge in [0.15, 0.2) is 0 Å². The molecule has 5 aliphatic rings. The van der Waals surface area contributed by atoms with Gasteiger partial charge in [0.05, 0.1) is 16.4 Å². The highest BCUT2D eigenvalue weighted by Gasteiger charge is 2.54. The van der Waals surface area contributed by atoms with Crippen LogP contribution in [0.4, 0.5) is 0 Å². The number of rotatable bonds is 2. The molecule has 0 bridgehead atoms. The SMILES string of the molecule is C1=CCC2Oc3cc(-n4c5ccccc5c5ccccc54)ccc3C3(C2=C1)C1=C(C=C(C2=CCNC=C2)CC1)Oc1ccccc13. The minimum atomic E-state index is -0.479. The van der Waals surface area contributed by atoms with Gasteiger partial charge in [0.1, 0.15) is 23.4 Å². The summed E-state index contributed by atoms with van der Waals surface area (Å²) in [6.45, 7) is 0.850. The van der Waals surface area contributed by atoms with E-state index in [1.54, 1.807) is 0 Å². The zero-order chi connectivity index (χ0) is 30.2. The highest BCUT2D eigenvalue weighted by Crippen LogP contribution is 2.61.